The molecule has 4 aromatic carbocycles. The van der Waals surface area contributed by atoms with Gasteiger partial charge in [0.25, 0.3) is 5.91 Å². The van der Waals surface area contributed by atoms with E-state index in [1.54, 1.807) is 23.3 Å². The molecule has 178 valence electrons. The van der Waals surface area contributed by atoms with Crippen LogP contribution in [0.25, 0.3) is 10.8 Å². The highest BCUT2D eigenvalue weighted by atomic mass is 16.7. The lowest BCUT2D eigenvalue weighted by atomic mass is 9.90. The molecule has 0 saturated carbocycles. The molecule has 2 aliphatic heterocycles. The Balaban J connectivity index is 1.43. The molecule has 3 amide bonds. The lowest BCUT2D eigenvalue weighted by Gasteiger charge is -2.29. The zero-order chi connectivity index (χ0) is 24.8. The van der Waals surface area contributed by atoms with Crippen LogP contribution in [0.2, 0.25) is 0 Å². The Bertz CT molecular complexity index is 1480. The first-order valence-corrected chi connectivity index (χ1v) is 11.8. The van der Waals surface area contributed by atoms with Crippen LogP contribution in [0.3, 0.4) is 0 Å². The molecule has 0 bridgehead atoms. The summed E-state index contributed by atoms with van der Waals surface area (Å²) in [5.74, 6) is -1.57. The van der Waals surface area contributed by atoms with E-state index in [1.165, 1.54) is 11.8 Å². The fraction of sp³-hybridized carbons (Fsp3) is 0.138. The average Bonchev–Trinajstić information content (AvgIpc) is 3.40. The standard InChI is InChI=1S/C29H23N3O4/c1-18(33)30-21-16-14-20(15-17-21)26-25-27(36-32(26)22-10-3-2-4-11-22)29(35)31(28(25)34)24-13-7-9-19-8-5-6-12-23(19)24/h2-17,25-27H,1H3,(H,30,33)/t25-,26+,27+/m1/s1. The van der Waals surface area contributed by atoms with Crippen molar-refractivity contribution in [2.24, 2.45) is 5.92 Å². The lowest BCUT2D eigenvalue weighted by molar-refractivity contribution is -0.126. The van der Waals surface area contributed by atoms with E-state index in [-0.39, 0.29) is 17.7 Å². The fourth-order valence-corrected chi connectivity index (χ4v) is 5.16. The molecule has 0 aliphatic carbocycles. The van der Waals surface area contributed by atoms with Crippen molar-refractivity contribution in [3.05, 3.63) is 103 Å². The minimum atomic E-state index is -0.948. The molecule has 0 radical (unpaired) electrons. The predicted molar refractivity (Wildman–Crippen MR) is 137 cm³/mol. The molecule has 2 aliphatic rings. The Labute approximate surface area is 207 Å². The average molecular weight is 478 g/mol. The minimum absolute atomic E-state index is 0.166. The molecule has 4 aromatic rings. The van der Waals surface area contributed by atoms with Crippen LogP contribution in [-0.2, 0) is 19.2 Å². The Morgan fingerprint density at radius 3 is 2.25 bits per heavy atom. The van der Waals surface area contributed by atoms with E-state index in [1.807, 2.05) is 78.9 Å². The summed E-state index contributed by atoms with van der Waals surface area (Å²) in [5.41, 5.74) is 2.77. The highest BCUT2D eigenvalue weighted by molar-refractivity contribution is 6.26. The second kappa shape index (κ2) is 8.62. The number of nitrogens with zero attached hydrogens (tertiary/aromatic N) is 2. The van der Waals surface area contributed by atoms with Gasteiger partial charge in [0.15, 0.2) is 6.10 Å². The molecule has 6 rings (SSSR count). The van der Waals surface area contributed by atoms with Crippen LogP contribution < -0.4 is 15.3 Å². The van der Waals surface area contributed by atoms with Crippen LogP contribution in [0.1, 0.15) is 18.5 Å². The van der Waals surface area contributed by atoms with E-state index in [9.17, 15) is 14.4 Å². The molecule has 0 aromatic heterocycles. The summed E-state index contributed by atoms with van der Waals surface area (Å²) in [6.07, 6.45) is -0.948. The molecule has 36 heavy (non-hydrogen) atoms. The first-order chi connectivity index (χ1) is 17.5. The van der Waals surface area contributed by atoms with Crippen molar-refractivity contribution in [3.8, 4) is 0 Å². The first-order valence-electron chi connectivity index (χ1n) is 11.8. The number of benzene rings is 4. The summed E-state index contributed by atoms with van der Waals surface area (Å²) in [6.45, 7) is 1.45. The van der Waals surface area contributed by atoms with Crippen molar-refractivity contribution in [1.29, 1.82) is 0 Å². The summed E-state index contributed by atoms with van der Waals surface area (Å²) in [7, 11) is 0. The number of rotatable bonds is 4. The fourth-order valence-electron chi connectivity index (χ4n) is 5.16. The van der Waals surface area contributed by atoms with Crippen molar-refractivity contribution in [2.75, 3.05) is 15.3 Å². The zero-order valence-electron chi connectivity index (χ0n) is 19.5. The quantitative estimate of drug-likeness (QED) is 0.425. The normalized spacial score (nSPS) is 21.2. The summed E-state index contributed by atoms with van der Waals surface area (Å²) < 4.78 is 0. The number of fused-ring (bicyclic) bond motifs is 2. The Morgan fingerprint density at radius 2 is 1.50 bits per heavy atom. The van der Waals surface area contributed by atoms with Gasteiger partial charge in [0.1, 0.15) is 5.92 Å². The molecule has 1 N–H and O–H groups in total. The number of hydroxylamine groups is 1. The number of nitrogens with one attached hydrogen (secondary N) is 1. The maximum atomic E-state index is 14.0. The van der Waals surface area contributed by atoms with Crippen LogP contribution in [-0.4, -0.2) is 23.8 Å². The second-order valence-electron chi connectivity index (χ2n) is 8.97. The topological polar surface area (TPSA) is 79.0 Å². The van der Waals surface area contributed by atoms with Gasteiger partial charge in [-0.05, 0) is 41.3 Å². The van der Waals surface area contributed by atoms with Gasteiger partial charge in [-0.15, -0.1) is 0 Å². The van der Waals surface area contributed by atoms with Crippen LogP contribution in [0, 0.1) is 5.92 Å². The van der Waals surface area contributed by atoms with Gasteiger partial charge >= 0.3 is 0 Å². The third-order valence-electron chi connectivity index (χ3n) is 6.71. The van der Waals surface area contributed by atoms with E-state index in [0.29, 0.717) is 11.4 Å². The van der Waals surface area contributed by atoms with Crippen molar-refractivity contribution in [2.45, 2.75) is 19.1 Å². The van der Waals surface area contributed by atoms with Crippen LogP contribution in [0.15, 0.2) is 97.1 Å². The van der Waals surface area contributed by atoms with Crippen LogP contribution >= 0.6 is 0 Å². The smallest absolute Gasteiger partial charge is 0.266 e. The van der Waals surface area contributed by atoms with Gasteiger partial charge in [-0.1, -0.05) is 66.7 Å². The third-order valence-corrected chi connectivity index (χ3v) is 6.71. The highest BCUT2D eigenvalue weighted by Crippen LogP contribution is 2.48. The van der Waals surface area contributed by atoms with Crippen molar-refractivity contribution in [1.82, 2.24) is 0 Å². The van der Waals surface area contributed by atoms with Crippen LogP contribution in [0.4, 0.5) is 17.1 Å². The Hall–Kier alpha value is -4.49. The molecular weight excluding hydrogens is 454 g/mol. The maximum absolute atomic E-state index is 14.0. The van der Waals surface area contributed by atoms with Crippen molar-refractivity contribution >= 4 is 45.6 Å². The largest absolute Gasteiger partial charge is 0.326 e. The second-order valence-corrected chi connectivity index (χ2v) is 8.97. The number of imide groups is 1. The number of anilines is 3. The SMILES string of the molecule is CC(=O)Nc1ccc([C@H]2[C@H]3C(=O)N(c4cccc5ccccc45)C(=O)[C@H]3ON2c2ccccc2)cc1. The summed E-state index contributed by atoms with van der Waals surface area (Å²) in [4.78, 5) is 46.6. The van der Waals surface area contributed by atoms with E-state index in [4.69, 9.17) is 4.84 Å². The zero-order valence-corrected chi connectivity index (χ0v) is 19.5. The molecule has 7 nitrogen and oxygen atoms in total. The van der Waals surface area contributed by atoms with Gasteiger partial charge in [-0.3, -0.25) is 19.2 Å². The summed E-state index contributed by atoms with van der Waals surface area (Å²) in [5, 5.41) is 6.21. The van der Waals surface area contributed by atoms with Gasteiger partial charge < -0.3 is 5.32 Å². The number of hydrogen-bond donors (Lipinski definition) is 1. The number of hydrogen-bond acceptors (Lipinski definition) is 5. The Kier molecular flexibility index (Phi) is 5.27. The summed E-state index contributed by atoms with van der Waals surface area (Å²) in [6, 6.07) is 29.5. The number of para-hydroxylation sites is 1. The molecule has 2 saturated heterocycles. The molecule has 0 spiro atoms. The van der Waals surface area contributed by atoms with E-state index < -0.39 is 18.1 Å². The van der Waals surface area contributed by atoms with E-state index >= 15 is 0 Å². The minimum Gasteiger partial charge on any atom is -0.326 e. The molecule has 2 heterocycles. The van der Waals surface area contributed by atoms with Gasteiger partial charge in [0, 0.05) is 18.0 Å². The predicted octanol–water partition coefficient (Wildman–Crippen LogP) is 4.85. The maximum Gasteiger partial charge on any atom is 0.266 e. The van der Waals surface area contributed by atoms with E-state index in [0.717, 1.165) is 22.0 Å². The monoisotopic (exact) mass is 477 g/mol. The van der Waals surface area contributed by atoms with Gasteiger partial charge in [0.05, 0.1) is 17.4 Å². The van der Waals surface area contributed by atoms with E-state index in [2.05, 4.69) is 5.32 Å². The Morgan fingerprint density at radius 1 is 0.806 bits per heavy atom. The molecule has 2 fully saturated rings. The lowest BCUT2D eigenvalue weighted by Crippen LogP contribution is -2.37. The number of amides is 3. The first kappa shape index (κ1) is 22.0. The van der Waals surface area contributed by atoms with Crippen molar-refractivity contribution in [3.63, 3.8) is 0 Å². The van der Waals surface area contributed by atoms with Crippen molar-refractivity contribution < 1.29 is 19.2 Å². The number of carbonyl (C=O) groups is 3. The molecule has 0 unspecified atom stereocenters. The van der Waals surface area contributed by atoms with Crippen LogP contribution in [0.5, 0.6) is 0 Å². The van der Waals surface area contributed by atoms with Gasteiger partial charge in [-0.25, -0.2) is 9.96 Å². The number of carbonyl (C=O) groups excluding carboxylic acids is 3. The summed E-state index contributed by atoms with van der Waals surface area (Å²) >= 11 is 0. The molecular formula is C29H23N3O4. The molecule has 7 heteroatoms. The third kappa shape index (κ3) is 3.52. The van der Waals surface area contributed by atoms with Gasteiger partial charge in [-0.2, -0.15) is 0 Å². The highest BCUT2D eigenvalue weighted by Gasteiger charge is 2.60. The van der Waals surface area contributed by atoms with Gasteiger partial charge in [0.2, 0.25) is 11.8 Å². The molecule has 3 atom stereocenters.